The molecule has 1 saturated heterocycles. The fourth-order valence-corrected chi connectivity index (χ4v) is 3.90. The molecule has 0 aromatic heterocycles. The lowest BCUT2D eigenvalue weighted by Crippen LogP contribution is -2.40. The molecular formula is C17H24N2O2. The summed E-state index contributed by atoms with van der Waals surface area (Å²) in [7, 11) is 0. The van der Waals surface area contributed by atoms with E-state index in [1.165, 1.54) is 38.2 Å². The predicted molar refractivity (Wildman–Crippen MR) is 83.2 cm³/mol. The minimum atomic E-state index is -0.00531. The van der Waals surface area contributed by atoms with Crippen LogP contribution >= 0.6 is 0 Å². The molecule has 1 amide bonds. The van der Waals surface area contributed by atoms with Crippen LogP contribution in [-0.2, 0) is 0 Å². The van der Waals surface area contributed by atoms with E-state index in [0.29, 0.717) is 23.2 Å². The summed E-state index contributed by atoms with van der Waals surface area (Å²) in [5, 5.41) is 9.71. The number of hydrogen-bond donors (Lipinski definition) is 2. The van der Waals surface area contributed by atoms with Gasteiger partial charge in [0.25, 0.3) is 5.91 Å². The number of anilines is 1. The number of benzene rings is 1. The van der Waals surface area contributed by atoms with Crippen LogP contribution in [0.1, 0.15) is 55.3 Å². The summed E-state index contributed by atoms with van der Waals surface area (Å²) in [6, 6.07) is 5.20. The number of likely N-dealkylation sites (tertiary alicyclic amines) is 1. The zero-order valence-electron chi connectivity index (χ0n) is 12.4. The van der Waals surface area contributed by atoms with Crippen molar-refractivity contribution in [3.8, 4) is 5.75 Å². The molecule has 0 bridgehead atoms. The number of nitrogens with zero attached hydrogens (tertiary/aromatic N) is 1. The summed E-state index contributed by atoms with van der Waals surface area (Å²) in [6.07, 6.45) is 8.65. The van der Waals surface area contributed by atoms with Gasteiger partial charge < -0.3 is 15.7 Å². The van der Waals surface area contributed by atoms with Crippen LogP contribution in [-0.4, -0.2) is 28.5 Å². The van der Waals surface area contributed by atoms with E-state index < -0.39 is 0 Å². The van der Waals surface area contributed by atoms with Gasteiger partial charge in [0.05, 0.1) is 5.69 Å². The fourth-order valence-electron chi connectivity index (χ4n) is 3.90. The second-order valence-corrected chi connectivity index (χ2v) is 6.38. The van der Waals surface area contributed by atoms with Crippen LogP contribution in [0, 0.1) is 5.92 Å². The number of nitrogen functional groups attached to an aromatic ring is 1. The molecule has 1 aromatic carbocycles. The first-order chi connectivity index (χ1) is 10.2. The third-order valence-corrected chi connectivity index (χ3v) is 5.03. The number of amides is 1. The number of hydrogen-bond acceptors (Lipinski definition) is 3. The Morgan fingerprint density at radius 3 is 2.62 bits per heavy atom. The van der Waals surface area contributed by atoms with E-state index >= 15 is 0 Å². The first kappa shape index (κ1) is 14.2. The van der Waals surface area contributed by atoms with Crippen LogP contribution in [0.25, 0.3) is 0 Å². The lowest BCUT2D eigenvalue weighted by Gasteiger charge is -2.34. The molecule has 21 heavy (non-hydrogen) atoms. The maximum absolute atomic E-state index is 12.7. The van der Waals surface area contributed by atoms with Crippen molar-refractivity contribution in [2.75, 3.05) is 12.3 Å². The first-order valence-electron chi connectivity index (χ1n) is 8.06. The number of rotatable bonds is 2. The molecule has 2 fully saturated rings. The van der Waals surface area contributed by atoms with Crippen LogP contribution in [0.3, 0.4) is 0 Å². The molecule has 1 unspecified atom stereocenters. The Morgan fingerprint density at radius 1 is 1.14 bits per heavy atom. The maximum atomic E-state index is 12.7. The quantitative estimate of drug-likeness (QED) is 0.649. The van der Waals surface area contributed by atoms with Gasteiger partial charge in [0.1, 0.15) is 5.75 Å². The summed E-state index contributed by atoms with van der Waals surface area (Å²) in [5.41, 5.74) is 6.47. The van der Waals surface area contributed by atoms with Gasteiger partial charge in [-0.3, -0.25) is 4.79 Å². The molecule has 0 radical (unpaired) electrons. The van der Waals surface area contributed by atoms with Crippen molar-refractivity contribution in [3.05, 3.63) is 23.8 Å². The lowest BCUT2D eigenvalue weighted by atomic mass is 9.83. The van der Waals surface area contributed by atoms with Gasteiger partial charge in [-0.15, -0.1) is 0 Å². The number of phenols is 1. The van der Waals surface area contributed by atoms with Crippen LogP contribution in [0.15, 0.2) is 18.2 Å². The standard InChI is InChI=1S/C17H24N2O2/c18-14-9-8-13(11-16(14)20)17(21)19-10-4-7-15(19)12-5-2-1-3-6-12/h8-9,11-12,15,20H,1-7,10,18H2. The van der Waals surface area contributed by atoms with E-state index in [2.05, 4.69) is 0 Å². The topological polar surface area (TPSA) is 66.6 Å². The number of phenolic OH excluding ortho intramolecular Hbond substituents is 1. The lowest BCUT2D eigenvalue weighted by molar-refractivity contribution is 0.0661. The molecule has 3 rings (SSSR count). The summed E-state index contributed by atoms with van der Waals surface area (Å²) in [6.45, 7) is 0.838. The Balaban J connectivity index is 1.77. The Bertz CT molecular complexity index is 524. The molecule has 1 aliphatic heterocycles. The average molecular weight is 288 g/mol. The second-order valence-electron chi connectivity index (χ2n) is 6.38. The zero-order chi connectivity index (χ0) is 14.8. The van der Waals surface area contributed by atoms with Gasteiger partial charge >= 0.3 is 0 Å². The summed E-state index contributed by atoms with van der Waals surface area (Å²) < 4.78 is 0. The normalized spacial score (nSPS) is 23.4. The number of carbonyl (C=O) groups is 1. The van der Waals surface area contributed by atoms with E-state index in [0.717, 1.165) is 19.4 Å². The third kappa shape index (κ3) is 2.85. The Labute approximate surface area is 125 Å². The zero-order valence-corrected chi connectivity index (χ0v) is 12.4. The molecule has 4 heteroatoms. The van der Waals surface area contributed by atoms with Gasteiger partial charge in [-0.05, 0) is 49.8 Å². The molecule has 3 N–H and O–H groups in total. The van der Waals surface area contributed by atoms with Gasteiger partial charge in [0.15, 0.2) is 0 Å². The van der Waals surface area contributed by atoms with Crippen molar-refractivity contribution in [2.24, 2.45) is 5.92 Å². The van der Waals surface area contributed by atoms with E-state index in [9.17, 15) is 9.90 Å². The Morgan fingerprint density at radius 2 is 1.90 bits per heavy atom. The van der Waals surface area contributed by atoms with Crippen molar-refractivity contribution >= 4 is 11.6 Å². The van der Waals surface area contributed by atoms with Crippen molar-refractivity contribution in [1.82, 2.24) is 4.90 Å². The third-order valence-electron chi connectivity index (χ3n) is 5.03. The summed E-state index contributed by atoms with van der Waals surface area (Å²) in [4.78, 5) is 14.8. The largest absolute Gasteiger partial charge is 0.506 e. The van der Waals surface area contributed by atoms with Crippen molar-refractivity contribution in [2.45, 2.75) is 51.0 Å². The van der Waals surface area contributed by atoms with Crippen molar-refractivity contribution < 1.29 is 9.90 Å². The van der Waals surface area contributed by atoms with Crippen LogP contribution in [0.5, 0.6) is 5.75 Å². The van der Waals surface area contributed by atoms with E-state index in [-0.39, 0.29) is 11.7 Å². The highest BCUT2D eigenvalue weighted by Gasteiger charge is 2.35. The molecule has 0 spiro atoms. The van der Waals surface area contributed by atoms with Gasteiger partial charge in [0, 0.05) is 18.2 Å². The van der Waals surface area contributed by atoms with Crippen molar-refractivity contribution in [3.63, 3.8) is 0 Å². The minimum Gasteiger partial charge on any atom is -0.506 e. The monoisotopic (exact) mass is 288 g/mol. The highest BCUT2D eigenvalue weighted by Crippen LogP contribution is 2.35. The first-order valence-corrected chi connectivity index (χ1v) is 8.06. The Hall–Kier alpha value is -1.71. The number of aromatic hydroxyl groups is 1. The minimum absolute atomic E-state index is 0.00531. The molecule has 1 aromatic rings. The highest BCUT2D eigenvalue weighted by atomic mass is 16.3. The van der Waals surface area contributed by atoms with Gasteiger partial charge in [-0.1, -0.05) is 19.3 Å². The van der Waals surface area contributed by atoms with Gasteiger partial charge in [0.2, 0.25) is 0 Å². The second kappa shape index (κ2) is 5.96. The molecule has 114 valence electrons. The predicted octanol–water partition coefficient (Wildman–Crippen LogP) is 3.16. The van der Waals surface area contributed by atoms with Crippen LogP contribution < -0.4 is 5.73 Å². The maximum Gasteiger partial charge on any atom is 0.254 e. The van der Waals surface area contributed by atoms with Crippen LogP contribution in [0.2, 0.25) is 0 Å². The number of nitrogens with two attached hydrogens (primary N) is 1. The summed E-state index contributed by atoms with van der Waals surface area (Å²) >= 11 is 0. The van der Waals surface area contributed by atoms with Gasteiger partial charge in [-0.25, -0.2) is 0 Å². The van der Waals surface area contributed by atoms with E-state index in [4.69, 9.17) is 5.73 Å². The summed E-state index contributed by atoms with van der Waals surface area (Å²) in [5.74, 6) is 0.695. The highest BCUT2D eigenvalue weighted by molar-refractivity contribution is 5.95. The average Bonchev–Trinajstić information content (AvgIpc) is 2.99. The number of carbonyl (C=O) groups excluding carboxylic acids is 1. The fraction of sp³-hybridized carbons (Fsp3) is 0.588. The van der Waals surface area contributed by atoms with E-state index in [1.807, 2.05) is 4.90 Å². The molecule has 1 atom stereocenters. The molecule has 1 saturated carbocycles. The van der Waals surface area contributed by atoms with Crippen LogP contribution in [0.4, 0.5) is 5.69 Å². The molecular weight excluding hydrogens is 264 g/mol. The van der Waals surface area contributed by atoms with Gasteiger partial charge in [-0.2, -0.15) is 0 Å². The van der Waals surface area contributed by atoms with Crippen molar-refractivity contribution in [1.29, 1.82) is 0 Å². The molecule has 2 aliphatic rings. The SMILES string of the molecule is Nc1ccc(C(=O)N2CCCC2C2CCCCC2)cc1O. The Kier molecular flexibility index (Phi) is 4.04. The smallest absolute Gasteiger partial charge is 0.254 e. The molecule has 4 nitrogen and oxygen atoms in total. The van der Waals surface area contributed by atoms with E-state index in [1.54, 1.807) is 12.1 Å². The molecule has 1 heterocycles. The molecule has 1 aliphatic carbocycles.